The van der Waals surface area contributed by atoms with Crippen molar-refractivity contribution in [3.63, 3.8) is 0 Å². The van der Waals surface area contributed by atoms with Crippen molar-refractivity contribution in [1.82, 2.24) is 29.8 Å². The van der Waals surface area contributed by atoms with E-state index in [1.165, 1.54) is 11.1 Å². The summed E-state index contributed by atoms with van der Waals surface area (Å²) in [6.45, 7) is 10.2. The first-order valence-electron chi connectivity index (χ1n) is 12.6. The Morgan fingerprint density at radius 2 is 2.00 bits per heavy atom. The zero-order valence-corrected chi connectivity index (χ0v) is 21.3. The molecule has 3 aromatic rings. The lowest BCUT2D eigenvalue weighted by Gasteiger charge is -2.32. The van der Waals surface area contributed by atoms with Crippen molar-refractivity contribution in [2.45, 2.75) is 58.7 Å². The van der Waals surface area contributed by atoms with E-state index in [9.17, 15) is 4.79 Å². The molecule has 186 valence electrons. The molecule has 1 saturated heterocycles. The molecule has 0 atom stereocenters. The highest BCUT2D eigenvalue weighted by atomic mass is 16.5. The van der Waals surface area contributed by atoms with E-state index >= 15 is 0 Å². The Kier molecular flexibility index (Phi) is 6.40. The minimum Gasteiger partial charge on any atom is -0.487 e. The van der Waals surface area contributed by atoms with Crippen molar-refractivity contribution in [3.8, 4) is 17.0 Å². The number of benzene rings is 1. The molecule has 1 amide bonds. The molecule has 5 rings (SSSR count). The average molecular weight is 477 g/mol. The van der Waals surface area contributed by atoms with Gasteiger partial charge >= 0.3 is 0 Å². The summed E-state index contributed by atoms with van der Waals surface area (Å²) in [7, 11) is 1.90. The van der Waals surface area contributed by atoms with Gasteiger partial charge in [-0.05, 0) is 64.3 Å². The number of rotatable bonds is 7. The number of likely N-dealkylation sites (tertiary alicyclic amines) is 1. The number of piperidine rings is 1. The molecule has 2 aliphatic heterocycles. The number of amides is 1. The predicted octanol–water partition coefficient (Wildman–Crippen LogP) is 3.33. The van der Waals surface area contributed by atoms with Gasteiger partial charge in [0.15, 0.2) is 0 Å². The molecular weight excluding hydrogens is 440 g/mol. The number of hydrogen-bond acceptors (Lipinski definition) is 5. The van der Waals surface area contributed by atoms with E-state index in [1.807, 2.05) is 32.4 Å². The summed E-state index contributed by atoms with van der Waals surface area (Å²) in [5.74, 6) is 1.61. The summed E-state index contributed by atoms with van der Waals surface area (Å²) in [6, 6.07) is 8.47. The Labute approximate surface area is 207 Å². The Morgan fingerprint density at radius 3 is 2.74 bits per heavy atom. The minimum atomic E-state index is -0.112. The van der Waals surface area contributed by atoms with Crippen LogP contribution >= 0.6 is 0 Å². The largest absolute Gasteiger partial charge is 0.487 e. The highest BCUT2D eigenvalue weighted by Crippen LogP contribution is 2.38. The Balaban J connectivity index is 1.07. The molecule has 0 spiro atoms. The molecule has 35 heavy (non-hydrogen) atoms. The van der Waals surface area contributed by atoms with Crippen molar-refractivity contribution < 1.29 is 9.53 Å². The quantitative estimate of drug-likeness (QED) is 0.566. The topological polar surface area (TPSA) is 77.2 Å². The third kappa shape index (κ3) is 5.42. The fourth-order valence-electron chi connectivity index (χ4n) is 5.30. The van der Waals surface area contributed by atoms with E-state index in [-0.39, 0.29) is 18.1 Å². The Bertz CT molecular complexity index is 1200. The Morgan fingerprint density at radius 1 is 1.20 bits per heavy atom. The van der Waals surface area contributed by atoms with E-state index < -0.39 is 0 Å². The second-order valence-electron chi connectivity index (χ2n) is 10.7. The van der Waals surface area contributed by atoms with Gasteiger partial charge in [0, 0.05) is 50.1 Å². The molecule has 2 aromatic heterocycles. The van der Waals surface area contributed by atoms with Crippen LogP contribution in [0.1, 0.15) is 43.5 Å². The van der Waals surface area contributed by atoms with Gasteiger partial charge in [0.1, 0.15) is 17.9 Å². The Hall–Kier alpha value is -3.13. The van der Waals surface area contributed by atoms with Crippen LogP contribution in [-0.2, 0) is 31.4 Å². The zero-order valence-electron chi connectivity index (χ0n) is 21.3. The minimum absolute atomic E-state index is 0.00426. The third-order valence-corrected chi connectivity index (χ3v) is 7.10. The number of nitrogens with one attached hydrogen (secondary N) is 1. The lowest BCUT2D eigenvalue weighted by molar-refractivity contribution is -0.122. The molecule has 1 N–H and O–H groups in total. The first-order valence-corrected chi connectivity index (χ1v) is 12.6. The molecular formula is C27H36N6O2. The maximum atomic E-state index is 12.5. The van der Waals surface area contributed by atoms with Gasteiger partial charge in [-0.1, -0.05) is 18.2 Å². The summed E-state index contributed by atoms with van der Waals surface area (Å²) in [6.07, 6.45) is 6.96. The summed E-state index contributed by atoms with van der Waals surface area (Å²) in [4.78, 5) is 15.0. The van der Waals surface area contributed by atoms with Crippen molar-refractivity contribution in [1.29, 1.82) is 0 Å². The van der Waals surface area contributed by atoms with Gasteiger partial charge in [-0.25, -0.2) is 0 Å². The van der Waals surface area contributed by atoms with E-state index in [0.717, 1.165) is 68.1 Å². The second-order valence-corrected chi connectivity index (χ2v) is 10.7. The number of fused-ring (bicyclic) bond motifs is 1. The van der Waals surface area contributed by atoms with Crippen molar-refractivity contribution in [3.05, 3.63) is 53.5 Å². The number of carbonyl (C=O) groups excluding carboxylic acids is 1. The van der Waals surface area contributed by atoms with Crippen LogP contribution in [0.3, 0.4) is 0 Å². The van der Waals surface area contributed by atoms with Crippen LogP contribution in [0, 0.1) is 12.8 Å². The van der Waals surface area contributed by atoms with Crippen molar-refractivity contribution >= 4 is 5.91 Å². The molecule has 1 fully saturated rings. The van der Waals surface area contributed by atoms with Gasteiger partial charge in [0.05, 0.1) is 11.4 Å². The second kappa shape index (κ2) is 9.49. The maximum absolute atomic E-state index is 12.5. The summed E-state index contributed by atoms with van der Waals surface area (Å²) in [5.41, 5.74) is 5.27. The molecule has 8 nitrogen and oxygen atoms in total. The van der Waals surface area contributed by atoms with Gasteiger partial charge < -0.3 is 10.1 Å². The number of ether oxygens (including phenoxy) is 1. The van der Waals surface area contributed by atoms with E-state index in [2.05, 4.69) is 52.5 Å². The fraction of sp³-hybridized carbons (Fsp3) is 0.519. The van der Waals surface area contributed by atoms with E-state index in [4.69, 9.17) is 4.74 Å². The fourth-order valence-corrected chi connectivity index (χ4v) is 5.30. The number of carbonyl (C=O) groups is 1. The zero-order chi connectivity index (χ0) is 24.6. The van der Waals surface area contributed by atoms with Crippen LogP contribution in [0.4, 0.5) is 0 Å². The summed E-state index contributed by atoms with van der Waals surface area (Å²) >= 11 is 0. The SMILES string of the molecule is Cc1nn(C)cc1-c1ccn(CC(=O)NCC2CCN(Cc3cccc4c3OC(C)(C)C4)CC2)n1. The molecule has 0 unspecified atom stereocenters. The van der Waals surface area contributed by atoms with Crippen LogP contribution in [-0.4, -0.2) is 55.6 Å². The van der Waals surface area contributed by atoms with Crippen LogP contribution < -0.4 is 10.1 Å². The normalized spacial score (nSPS) is 17.8. The van der Waals surface area contributed by atoms with E-state index in [1.54, 1.807) is 9.36 Å². The number of nitrogens with zero attached hydrogens (tertiary/aromatic N) is 5. The molecule has 1 aromatic carbocycles. The highest BCUT2D eigenvalue weighted by Gasteiger charge is 2.32. The van der Waals surface area contributed by atoms with Gasteiger partial charge in [-0.2, -0.15) is 10.2 Å². The van der Waals surface area contributed by atoms with E-state index in [0.29, 0.717) is 5.92 Å². The number of para-hydroxylation sites is 1. The standard InChI is InChI=1S/C27H36N6O2/c1-19-23(17-31(4)29-19)24-10-13-33(30-24)18-25(34)28-15-20-8-11-32(12-9-20)16-22-7-5-6-21-14-27(2,3)35-26(21)22/h5-7,10,13,17,20H,8-9,11-12,14-16,18H2,1-4H3,(H,28,34). The predicted molar refractivity (Wildman–Crippen MR) is 135 cm³/mol. The van der Waals surface area contributed by atoms with Gasteiger partial charge in [0.2, 0.25) is 5.91 Å². The summed E-state index contributed by atoms with van der Waals surface area (Å²) in [5, 5.41) is 12.0. The van der Waals surface area contributed by atoms with Gasteiger partial charge in [-0.3, -0.25) is 19.1 Å². The maximum Gasteiger partial charge on any atom is 0.241 e. The molecule has 0 radical (unpaired) electrons. The number of aromatic nitrogens is 4. The molecule has 2 aliphatic rings. The van der Waals surface area contributed by atoms with Crippen molar-refractivity contribution in [2.24, 2.45) is 13.0 Å². The number of hydrogen-bond donors (Lipinski definition) is 1. The molecule has 8 heteroatoms. The number of aryl methyl sites for hydroxylation is 2. The van der Waals surface area contributed by atoms with Gasteiger partial charge in [-0.15, -0.1) is 0 Å². The third-order valence-electron chi connectivity index (χ3n) is 7.10. The highest BCUT2D eigenvalue weighted by molar-refractivity contribution is 5.75. The molecule has 4 heterocycles. The van der Waals surface area contributed by atoms with Crippen LogP contribution in [0.2, 0.25) is 0 Å². The van der Waals surface area contributed by atoms with Crippen molar-refractivity contribution in [2.75, 3.05) is 19.6 Å². The monoisotopic (exact) mass is 476 g/mol. The lowest BCUT2D eigenvalue weighted by Crippen LogP contribution is -2.39. The smallest absolute Gasteiger partial charge is 0.241 e. The van der Waals surface area contributed by atoms with Crippen LogP contribution in [0.25, 0.3) is 11.3 Å². The summed E-state index contributed by atoms with van der Waals surface area (Å²) < 4.78 is 9.73. The first-order chi connectivity index (χ1) is 16.8. The first kappa shape index (κ1) is 23.6. The van der Waals surface area contributed by atoms with Gasteiger partial charge in [0.25, 0.3) is 0 Å². The van der Waals surface area contributed by atoms with Crippen LogP contribution in [0.5, 0.6) is 5.75 Å². The average Bonchev–Trinajstić information content (AvgIpc) is 3.49. The van der Waals surface area contributed by atoms with Crippen LogP contribution in [0.15, 0.2) is 36.7 Å². The molecule has 0 saturated carbocycles. The molecule has 0 bridgehead atoms. The molecule has 0 aliphatic carbocycles. The lowest BCUT2D eigenvalue weighted by atomic mass is 9.96.